The molecule has 1 spiro atoms. The average Bonchev–Trinajstić information content (AvgIpc) is 2.59. The fraction of sp³-hybridized carbons (Fsp3) is 0.667. The van der Waals surface area contributed by atoms with Gasteiger partial charge in [-0.25, -0.2) is 4.98 Å². The molecule has 2 aliphatic rings. The third-order valence-corrected chi connectivity index (χ3v) is 5.16. The second-order valence-electron chi connectivity index (χ2n) is 6.87. The van der Waals surface area contributed by atoms with E-state index in [4.69, 9.17) is 4.74 Å². The zero-order valence-electron chi connectivity index (χ0n) is 14.0. The molecule has 126 valence electrons. The van der Waals surface area contributed by atoms with Crippen LogP contribution >= 0.6 is 0 Å². The number of ether oxygens (including phenoxy) is 1. The van der Waals surface area contributed by atoms with Gasteiger partial charge in [-0.3, -0.25) is 4.79 Å². The van der Waals surface area contributed by atoms with Crippen LogP contribution in [0.3, 0.4) is 0 Å². The number of carbonyl (C=O) groups excluding carboxylic acids is 1. The number of anilines is 1. The lowest BCUT2D eigenvalue weighted by atomic mass is 9.73. The van der Waals surface area contributed by atoms with Crippen LogP contribution in [0.5, 0.6) is 0 Å². The van der Waals surface area contributed by atoms with Crippen LogP contribution in [-0.2, 0) is 9.53 Å². The van der Waals surface area contributed by atoms with Crippen molar-refractivity contribution in [2.24, 2.45) is 5.41 Å². The van der Waals surface area contributed by atoms with Gasteiger partial charge >= 0.3 is 0 Å². The van der Waals surface area contributed by atoms with Gasteiger partial charge in [0.15, 0.2) is 0 Å². The zero-order chi connectivity index (χ0) is 16.1. The van der Waals surface area contributed by atoms with Gasteiger partial charge in [-0.1, -0.05) is 6.07 Å². The predicted molar refractivity (Wildman–Crippen MR) is 90.4 cm³/mol. The Hall–Kier alpha value is -1.62. The van der Waals surface area contributed by atoms with Gasteiger partial charge in [0.25, 0.3) is 0 Å². The van der Waals surface area contributed by atoms with Crippen LogP contribution in [0.1, 0.15) is 32.1 Å². The Labute approximate surface area is 138 Å². The van der Waals surface area contributed by atoms with E-state index in [0.29, 0.717) is 12.3 Å². The van der Waals surface area contributed by atoms with E-state index >= 15 is 0 Å². The topological polar surface area (TPSA) is 45.7 Å². The van der Waals surface area contributed by atoms with Gasteiger partial charge in [-0.2, -0.15) is 0 Å². The Morgan fingerprint density at radius 3 is 3.00 bits per heavy atom. The summed E-state index contributed by atoms with van der Waals surface area (Å²) in [6.45, 7) is 4.50. The monoisotopic (exact) mass is 317 g/mol. The summed E-state index contributed by atoms with van der Waals surface area (Å²) in [5, 5.41) is 0. The highest BCUT2D eigenvalue weighted by Crippen LogP contribution is 2.39. The highest BCUT2D eigenvalue weighted by atomic mass is 16.5. The minimum atomic E-state index is 0.233. The van der Waals surface area contributed by atoms with Gasteiger partial charge in [-0.15, -0.1) is 0 Å². The SMILES string of the molecule is COCCCN1C[C@]2(CCCN(c3ccccn3)C2)CCC1=O. The number of methoxy groups -OCH3 is 1. The summed E-state index contributed by atoms with van der Waals surface area (Å²) in [5.41, 5.74) is 0.233. The van der Waals surface area contributed by atoms with E-state index < -0.39 is 0 Å². The van der Waals surface area contributed by atoms with Crippen LogP contribution in [0.4, 0.5) is 5.82 Å². The molecule has 0 unspecified atom stereocenters. The maximum atomic E-state index is 12.2. The van der Waals surface area contributed by atoms with Gasteiger partial charge < -0.3 is 14.5 Å². The van der Waals surface area contributed by atoms with Crippen molar-refractivity contribution in [2.45, 2.75) is 32.1 Å². The first-order chi connectivity index (χ1) is 11.2. The first kappa shape index (κ1) is 16.2. The van der Waals surface area contributed by atoms with Crippen LogP contribution in [-0.4, -0.2) is 55.7 Å². The predicted octanol–water partition coefficient (Wildman–Crippen LogP) is 2.33. The molecule has 2 fully saturated rings. The summed E-state index contributed by atoms with van der Waals surface area (Å²) in [5.74, 6) is 1.37. The zero-order valence-corrected chi connectivity index (χ0v) is 14.0. The van der Waals surface area contributed by atoms with Gasteiger partial charge in [0, 0.05) is 57.9 Å². The van der Waals surface area contributed by atoms with Gasteiger partial charge in [0.2, 0.25) is 5.91 Å². The number of hydrogen-bond acceptors (Lipinski definition) is 4. The summed E-state index contributed by atoms with van der Waals surface area (Å²) in [6, 6.07) is 6.09. The van der Waals surface area contributed by atoms with Gasteiger partial charge in [0.1, 0.15) is 5.82 Å². The molecule has 0 aliphatic carbocycles. The third kappa shape index (κ3) is 3.83. The minimum absolute atomic E-state index is 0.233. The number of pyridine rings is 1. The summed E-state index contributed by atoms with van der Waals surface area (Å²) in [4.78, 5) is 21.2. The molecule has 0 bridgehead atoms. The molecule has 0 saturated carbocycles. The van der Waals surface area contributed by atoms with Crippen LogP contribution in [0.25, 0.3) is 0 Å². The molecule has 2 saturated heterocycles. The molecule has 5 nitrogen and oxygen atoms in total. The quantitative estimate of drug-likeness (QED) is 0.782. The second-order valence-corrected chi connectivity index (χ2v) is 6.87. The fourth-order valence-corrected chi connectivity index (χ4v) is 3.98. The lowest BCUT2D eigenvalue weighted by Gasteiger charge is -2.48. The Kier molecular flexibility index (Phi) is 5.16. The highest BCUT2D eigenvalue weighted by molar-refractivity contribution is 5.77. The highest BCUT2D eigenvalue weighted by Gasteiger charge is 2.41. The molecule has 3 rings (SSSR count). The molecule has 2 aliphatic heterocycles. The summed E-state index contributed by atoms with van der Waals surface area (Å²) in [6.07, 6.45) is 6.86. The number of likely N-dealkylation sites (tertiary alicyclic amines) is 1. The maximum Gasteiger partial charge on any atom is 0.222 e. The molecule has 1 aromatic rings. The number of piperidine rings is 2. The van der Waals surface area contributed by atoms with Crippen molar-refractivity contribution in [1.82, 2.24) is 9.88 Å². The molecule has 0 N–H and O–H groups in total. The first-order valence-electron chi connectivity index (χ1n) is 8.65. The lowest BCUT2D eigenvalue weighted by molar-refractivity contribution is -0.138. The van der Waals surface area contributed by atoms with Crippen molar-refractivity contribution in [2.75, 3.05) is 44.8 Å². The molecule has 0 aromatic carbocycles. The van der Waals surface area contributed by atoms with E-state index in [1.54, 1.807) is 7.11 Å². The number of carbonyl (C=O) groups is 1. The van der Waals surface area contributed by atoms with E-state index in [1.807, 2.05) is 18.3 Å². The van der Waals surface area contributed by atoms with Crippen molar-refractivity contribution < 1.29 is 9.53 Å². The molecule has 1 atom stereocenters. The van der Waals surface area contributed by atoms with Crippen molar-refractivity contribution >= 4 is 11.7 Å². The standard InChI is InChI=1S/C18H27N3O2/c1-23-13-5-12-21-15-18(9-7-17(21)22)8-4-11-20(14-18)16-6-2-3-10-19-16/h2-3,6,10H,4-5,7-9,11-15H2,1H3/t18-/m1/s1. The minimum Gasteiger partial charge on any atom is -0.385 e. The maximum absolute atomic E-state index is 12.2. The summed E-state index contributed by atoms with van der Waals surface area (Å²) >= 11 is 0. The van der Waals surface area contributed by atoms with Crippen LogP contribution < -0.4 is 4.90 Å². The molecule has 0 radical (unpaired) electrons. The fourth-order valence-electron chi connectivity index (χ4n) is 3.98. The smallest absolute Gasteiger partial charge is 0.222 e. The molecular formula is C18H27N3O2. The summed E-state index contributed by atoms with van der Waals surface area (Å²) < 4.78 is 5.13. The van der Waals surface area contributed by atoms with Crippen molar-refractivity contribution in [3.8, 4) is 0 Å². The molecule has 23 heavy (non-hydrogen) atoms. The Balaban J connectivity index is 1.67. The Bertz CT molecular complexity index is 522. The van der Waals surface area contributed by atoms with E-state index in [2.05, 4.69) is 20.9 Å². The second kappa shape index (κ2) is 7.30. The Morgan fingerprint density at radius 2 is 2.22 bits per heavy atom. The van der Waals surface area contributed by atoms with Crippen molar-refractivity contribution in [3.63, 3.8) is 0 Å². The van der Waals surface area contributed by atoms with Crippen molar-refractivity contribution in [1.29, 1.82) is 0 Å². The van der Waals surface area contributed by atoms with E-state index in [1.165, 1.54) is 12.8 Å². The number of rotatable bonds is 5. The molecule has 5 heteroatoms. The molecular weight excluding hydrogens is 290 g/mol. The number of nitrogens with zero attached hydrogens (tertiary/aromatic N) is 3. The van der Waals surface area contributed by atoms with E-state index in [0.717, 1.165) is 51.4 Å². The van der Waals surface area contributed by atoms with Crippen molar-refractivity contribution in [3.05, 3.63) is 24.4 Å². The third-order valence-electron chi connectivity index (χ3n) is 5.16. The van der Waals surface area contributed by atoms with Crippen LogP contribution in [0.2, 0.25) is 0 Å². The largest absolute Gasteiger partial charge is 0.385 e. The molecule has 1 amide bonds. The van der Waals surface area contributed by atoms with Gasteiger partial charge in [0.05, 0.1) is 0 Å². The van der Waals surface area contributed by atoms with E-state index in [-0.39, 0.29) is 5.41 Å². The Morgan fingerprint density at radius 1 is 1.30 bits per heavy atom. The average molecular weight is 317 g/mol. The lowest BCUT2D eigenvalue weighted by Crippen LogP contribution is -2.54. The summed E-state index contributed by atoms with van der Waals surface area (Å²) in [7, 11) is 1.71. The van der Waals surface area contributed by atoms with Gasteiger partial charge in [-0.05, 0) is 37.8 Å². The molecule has 1 aromatic heterocycles. The number of hydrogen-bond donors (Lipinski definition) is 0. The number of aromatic nitrogens is 1. The van der Waals surface area contributed by atoms with E-state index in [9.17, 15) is 4.79 Å². The first-order valence-corrected chi connectivity index (χ1v) is 8.65. The normalized spacial score (nSPS) is 25.2. The van der Waals surface area contributed by atoms with Crippen LogP contribution in [0, 0.1) is 5.41 Å². The molecule has 3 heterocycles. The number of amides is 1. The van der Waals surface area contributed by atoms with Crippen LogP contribution in [0.15, 0.2) is 24.4 Å².